The highest BCUT2D eigenvalue weighted by atomic mass is 16.6. The molecule has 0 spiro atoms. The molecule has 1 unspecified atom stereocenters. The summed E-state index contributed by atoms with van der Waals surface area (Å²) in [6, 6.07) is 9.62. The van der Waals surface area contributed by atoms with Gasteiger partial charge in [0.1, 0.15) is 6.33 Å². The van der Waals surface area contributed by atoms with Crippen LogP contribution < -0.4 is 10.1 Å². The molecule has 0 amide bonds. The Morgan fingerprint density at radius 1 is 1.33 bits per heavy atom. The van der Waals surface area contributed by atoms with Gasteiger partial charge in [-0.2, -0.15) is 4.98 Å². The molecule has 1 aromatic heterocycles. The molecule has 0 saturated carbocycles. The van der Waals surface area contributed by atoms with Crippen LogP contribution in [0.4, 0.5) is 11.5 Å². The Hall–Kier alpha value is -2.70. The van der Waals surface area contributed by atoms with Gasteiger partial charge in [0.15, 0.2) is 0 Å². The third-order valence-electron chi connectivity index (χ3n) is 3.09. The molecule has 2 aromatic rings. The minimum absolute atomic E-state index is 0.0552. The standard InChI is InChI=1S/C14H16N4O3/c1-3-11(10-7-5-4-6-8-10)17-13-12(18(19)20)14(21-2)16-9-15-13/h4-9,11H,3H2,1-2H3,(H,15,16,17). The smallest absolute Gasteiger partial charge is 0.372 e. The maximum absolute atomic E-state index is 11.2. The third kappa shape index (κ3) is 3.25. The first kappa shape index (κ1) is 14.7. The van der Waals surface area contributed by atoms with Crippen molar-refractivity contribution in [2.75, 3.05) is 12.4 Å². The lowest BCUT2D eigenvalue weighted by Gasteiger charge is -2.18. The lowest BCUT2D eigenvalue weighted by molar-refractivity contribution is -0.385. The molecule has 110 valence electrons. The SMILES string of the molecule is CCC(Nc1ncnc(OC)c1[N+](=O)[O-])c1ccccc1. The van der Waals surface area contributed by atoms with Crippen LogP contribution in [0.3, 0.4) is 0 Å². The number of benzene rings is 1. The van der Waals surface area contributed by atoms with E-state index in [9.17, 15) is 10.1 Å². The molecular formula is C14H16N4O3. The Kier molecular flexibility index (Phi) is 4.65. The summed E-state index contributed by atoms with van der Waals surface area (Å²) in [6.07, 6.45) is 2.00. The molecule has 21 heavy (non-hydrogen) atoms. The molecule has 0 bridgehead atoms. The highest BCUT2D eigenvalue weighted by Gasteiger charge is 2.25. The van der Waals surface area contributed by atoms with Gasteiger partial charge in [0.25, 0.3) is 5.88 Å². The Labute approximate surface area is 122 Å². The number of nitrogens with zero attached hydrogens (tertiary/aromatic N) is 3. The summed E-state index contributed by atoms with van der Waals surface area (Å²) in [4.78, 5) is 18.4. The molecule has 7 heteroatoms. The molecule has 0 radical (unpaired) electrons. The monoisotopic (exact) mass is 288 g/mol. The van der Waals surface area contributed by atoms with Crippen LogP contribution in [0.2, 0.25) is 0 Å². The highest BCUT2D eigenvalue weighted by molar-refractivity contribution is 5.61. The summed E-state index contributed by atoms with van der Waals surface area (Å²) in [5, 5.41) is 14.3. The number of hydrogen-bond donors (Lipinski definition) is 1. The predicted molar refractivity (Wildman–Crippen MR) is 78.3 cm³/mol. The van der Waals surface area contributed by atoms with Gasteiger partial charge in [-0.3, -0.25) is 10.1 Å². The average molecular weight is 288 g/mol. The number of ether oxygens (including phenoxy) is 1. The van der Waals surface area contributed by atoms with Crippen LogP contribution in [0.5, 0.6) is 5.88 Å². The minimum Gasteiger partial charge on any atom is -0.476 e. The van der Waals surface area contributed by atoms with E-state index in [-0.39, 0.29) is 23.4 Å². The maximum Gasteiger partial charge on any atom is 0.372 e. The van der Waals surface area contributed by atoms with Gasteiger partial charge in [0, 0.05) is 0 Å². The van der Waals surface area contributed by atoms with Crippen LogP contribution in [0.1, 0.15) is 24.9 Å². The molecule has 1 atom stereocenters. The molecule has 0 aliphatic carbocycles. The molecule has 0 aliphatic heterocycles. The molecule has 0 saturated heterocycles. The van der Waals surface area contributed by atoms with Crippen molar-refractivity contribution in [1.82, 2.24) is 9.97 Å². The summed E-state index contributed by atoms with van der Waals surface area (Å²) >= 11 is 0. The lowest BCUT2D eigenvalue weighted by Crippen LogP contribution is -2.13. The molecule has 1 aromatic carbocycles. The zero-order valence-corrected chi connectivity index (χ0v) is 11.8. The lowest BCUT2D eigenvalue weighted by atomic mass is 10.0. The first-order valence-corrected chi connectivity index (χ1v) is 6.52. The van der Waals surface area contributed by atoms with Gasteiger partial charge in [0.2, 0.25) is 5.82 Å². The van der Waals surface area contributed by atoms with E-state index in [0.29, 0.717) is 0 Å². The van der Waals surface area contributed by atoms with Crippen molar-refractivity contribution in [3.05, 3.63) is 52.3 Å². The third-order valence-corrected chi connectivity index (χ3v) is 3.09. The maximum atomic E-state index is 11.2. The van der Waals surface area contributed by atoms with Crippen molar-refractivity contribution in [2.24, 2.45) is 0 Å². The van der Waals surface area contributed by atoms with Gasteiger partial charge in [-0.1, -0.05) is 37.3 Å². The zero-order valence-electron chi connectivity index (χ0n) is 11.8. The van der Waals surface area contributed by atoms with Crippen LogP contribution in [0, 0.1) is 10.1 Å². The molecule has 0 aliphatic rings. The fraction of sp³-hybridized carbons (Fsp3) is 0.286. The van der Waals surface area contributed by atoms with Crippen LogP contribution in [0.15, 0.2) is 36.7 Å². The first-order chi connectivity index (χ1) is 10.2. The van der Waals surface area contributed by atoms with Crippen LogP contribution in [-0.2, 0) is 0 Å². The summed E-state index contributed by atoms with van der Waals surface area (Å²) < 4.78 is 4.94. The van der Waals surface area contributed by atoms with Crippen LogP contribution >= 0.6 is 0 Å². The van der Waals surface area contributed by atoms with Crippen LogP contribution in [-0.4, -0.2) is 22.0 Å². The molecule has 7 nitrogen and oxygen atoms in total. The molecule has 1 N–H and O–H groups in total. The number of nitrogens with one attached hydrogen (secondary N) is 1. The minimum atomic E-state index is -0.543. The van der Waals surface area contributed by atoms with E-state index >= 15 is 0 Å². The Balaban J connectivity index is 2.36. The van der Waals surface area contributed by atoms with Crippen molar-refractivity contribution in [3.8, 4) is 5.88 Å². The van der Waals surface area contributed by atoms with E-state index in [0.717, 1.165) is 12.0 Å². The van der Waals surface area contributed by atoms with E-state index < -0.39 is 4.92 Å². The molecule has 0 fully saturated rings. The topological polar surface area (TPSA) is 90.2 Å². The second-order valence-electron chi connectivity index (χ2n) is 4.35. The molecule has 2 rings (SSSR count). The Morgan fingerprint density at radius 2 is 2.05 bits per heavy atom. The van der Waals surface area contributed by atoms with E-state index in [2.05, 4.69) is 15.3 Å². The number of nitro groups is 1. The van der Waals surface area contributed by atoms with Crippen molar-refractivity contribution >= 4 is 11.5 Å². The quantitative estimate of drug-likeness (QED) is 0.649. The van der Waals surface area contributed by atoms with Gasteiger partial charge in [-0.05, 0) is 12.0 Å². The largest absolute Gasteiger partial charge is 0.476 e. The Morgan fingerprint density at radius 3 is 2.62 bits per heavy atom. The first-order valence-electron chi connectivity index (χ1n) is 6.52. The summed E-state index contributed by atoms with van der Waals surface area (Å²) in [5.74, 6) is 0.1000. The van der Waals surface area contributed by atoms with Crippen LogP contribution in [0.25, 0.3) is 0 Å². The van der Waals surface area contributed by atoms with E-state index in [4.69, 9.17) is 4.74 Å². The molecular weight excluding hydrogens is 272 g/mol. The van der Waals surface area contributed by atoms with Crippen molar-refractivity contribution in [1.29, 1.82) is 0 Å². The van der Waals surface area contributed by atoms with Gasteiger partial charge in [-0.25, -0.2) is 4.98 Å². The van der Waals surface area contributed by atoms with Gasteiger partial charge in [0.05, 0.1) is 18.1 Å². The normalized spacial score (nSPS) is 11.7. The summed E-state index contributed by atoms with van der Waals surface area (Å²) in [6.45, 7) is 1.99. The number of hydrogen-bond acceptors (Lipinski definition) is 6. The Bertz CT molecular complexity index is 619. The summed E-state index contributed by atoms with van der Waals surface area (Å²) in [5.41, 5.74) is 0.779. The van der Waals surface area contributed by atoms with E-state index in [1.807, 2.05) is 37.3 Å². The zero-order chi connectivity index (χ0) is 15.2. The van der Waals surface area contributed by atoms with E-state index in [1.54, 1.807) is 0 Å². The number of methoxy groups -OCH3 is 1. The average Bonchev–Trinajstić information content (AvgIpc) is 2.52. The second kappa shape index (κ2) is 6.65. The van der Waals surface area contributed by atoms with E-state index in [1.165, 1.54) is 13.4 Å². The summed E-state index contributed by atoms with van der Waals surface area (Å²) in [7, 11) is 1.34. The molecule has 1 heterocycles. The second-order valence-corrected chi connectivity index (χ2v) is 4.35. The fourth-order valence-corrected chi connectivity index (χ4v) is 2.05. The highest BCUT2D eigenvalue weighted by Crippen LogP contribution is 2.33. The van der Waals surface area contributed by atoms with Gasteiger partial charge in [-0.15, -0.1) is 0 Å². The fourth-order valence-electron chi connectivity index (χ4n) is 2.05. The van der Waals surface area contributed by atoms with Crippen molar-refractivity contribution in [3.63, 3.8) is 0 Å². The number of aromatic nitrogens is 2. The van der Waals surface area contributed by atoms with Crippen molar-refractivity contribution in [2.45, 2.75) is 19.4 Å². The van der Waals surface area contributed by atoms with Crippen molar-refractivity contribution < 1.29 is 9.66 Å². The van der Waals surface area contributed by atoms with Gasteiger partial charge >= 0.3 is 5.69 Å². The predicted octanol–water partition coefficient (Wildman–Crippen LogP) is 2.96. The van der Waals surface area contributed by atoms with Gasteiger partial charge < -0.3 is 10.1 Å². The number of anilines is 1. The number of rotatable bonds is 6.